The molecule has 0 radical (unpaired) electrons. The number of benzene rings is 2. The second-order valence-electron chi connectivity index (χ2n) is 6.09. The van der Waals surface area contributed by atoms with E-state index < -0.39 is 0 Å². The first-order valence-electron chi connectivity index (χ1n) is 8.41. The van der Waals surface area contributed by atoms with Crippen LogP contribution in [0.1, 0.15) is 27.0 Å². The van der Waals surface area contributed by atoms with E-state index in [9.17, 15) is 9.59 Å². The molecule has 26 heavy (non-hydrogen) atoms. The third-order valence-electron chi connectivity index (χ3n) is 3.98. The number of carbonyl (C=O) groups excluding carboxylic acids is 2. The zero-order chi connectivity index (χ0) is 19.1. The summed E-state index contributed by atoms with van der Waals surface area (Å²) in [6.45, 7) is 9.74. The summed E-state index contributed by atoms with van der Waals surface area (Å²) < 4.78 is 5.67. The van der Waals surface area contributed by atoms with Crippen molar-refractivity contribution >= 4 is 17.5 Å². The normalized spacial score (nSPS) is 10.1. The van der Waals surface area contributed by atoms with Crippen molar-refractivity contribution in [1.29, 1.82) is 0 Å². The van der Waals surface area contributed by atoms with Crippen LogP contribution in [-0.4, -0.2) is 25.0 Å². The molecule has 0 atom stereocenters. The van der Waals surface area contributed by atoms with Crippen molar-refractivity contribution in [2.24, 2.45) is 0 Å². The SMILES string of the molecule is C=CCNC(=O)c1ccccc1NC(=O)COc1cc(C)cc(C)c1C. The number of nitrogens with one attached hydrogen (secondary N) is 2. The van der Waals surface area contributed by atoms with Gasteiger partial charge in [0.15, 0.2) is 6.61 Å². The summed E-state index contributed by atoms with van der Waals surface area (Å²) >= 11 is 0. The van der Waals surface area contributed by atoms with E-state index in [1.165, 1.54) is 0 Å². The molecule has 5 nitrogen and oxygen atoms in total. The molecule has 0 unspecified atom stereocenters. The monoisotopic (exact) mass is 352 g/mol. The van der Waals surface area contributed by atoms with Crippen molar-refractivity contribution in [3.8, 4) is 5.75 Å². The van der Waals surface area contributed by atoms with Gasteiger partial charge in [0.1, 0.15) is 5.75 Å². The van der Waals surface area contributed by atoms with E-state index >= 15 is 0 Å². The lowest BCUT2D eigenvalue weighted by Crippen LogP contribution is -2.26. The van der Waals surface area contributed by atoms with Crippen molar-refractivity contribution in [3.63, 3.8) is 0 Å². The smallest absolute Gasteiger partial charge is 0.262 e. The molecule has 0 aromatic heterocycles. The maximum absolute atomic E-state index is 12.3. The second-order valence-corrected chi connectivity index (χ2v) is 6.09. The Kier molecular flexibility index (Phi) is 6.55. The molecule has 2 N–H and O–H groups in total. The van der Waals surface area contributed by atoms with Crippen molar-refractivity contribution in [3.05, 3.63) is 71.3 Å². The number of hydrogen-bond donors (Lipinski definition) is 2. The highest BCUT2D eigenvalue weighted by molar-refractivity contribution is 6.04. The van der Waals surface area contributed by atoms with Crippen molar-refractivity contribution in [2.75, 3.05) is 18.5 Å². The second kappa shape index (κ2) is 8.85. The lowest BCUT2D eigenvalue weighted by atomic mass is 10.1. The summed E-state index contributed by atoms with van der Waals surface area (Å²) in [5.74, 6) is 0.0917. The summed E-state index contributed by atoms with van der Waals surface area (Å²) in [4.78, 5) is 24.4. The summed E-state index contributed by atoms with van der Waals surface area (Å²) in [5.41, 5.74) is 4.04. The highest BCUT2D eigenvalue weighted by Gasteiger charge is 2.13. The Bertz CT molecular complexity index is 828. The third kappa shape index (κ3) is 4.96. The number of carbonyl (C=O) groups is 2. The van der Waals surface area contributed by atoms with Crippen LogP contribution >= 0.6 is 0 Å². The third-order valence-corrected chi connectivity index (χ3v) is 3.98. The molecule has 2 aromatic carbocycles. The molecular formula is C21H24N2O3. The summed E-state index contributed by atoms with van der Waals surface area (Å²) in [6, 6.07) is 10.8. The molecule has 2 amide bonds. The Labute approximate surface area is 154 Å². The van der Waals surface area contributed by atoms with Crippen molar-refractivity contribution in [2.45, 2.75) is 20.8 Å². The molecular weight excluding hydrogens is 328 g/mol. The average molecular weight is 352 g/mol. The molecule has 0 spiro atoms. The molecule has 2 rings (SSSR count). The summed E-state index contributed by atoms with van der Waals surface area (Å²) in [5, 5.41) is 5.44. The van der Waals surface area contributed by atoms with Crippen molar-refractivity contribution in [1.82, 2.24) is 5.32 Å². The minimum absolute atomic E-state index is 0.133. The van der Waals surface area contributed by atoms with Gasteiger partial charge in [0.05, 0.1) is 11.3 Å². The van der Waals surface area contributed by atoms with E-state index in [1.807, 2.05) is 26.8 Å². The molecule has 2 aromatic rings. The average Bonchev–Trinajstić information content (AvgIpc) is 2.62. The van der Waals surface area contributed by atoms with Gasteiger partial charge < -0.3 is 15.4 Å². The van der Waals surface area contributed by atoms with Gasteiger partial charge in [-0.3, -0.25) is 9.59 Å². The first kappa shape index (κ1) is 19.2. The van der Waals surface area contributed by atoms with E-state index in [2.05, 4.69) is 23.3 Å². The van der Waals surface area contributed by atoms with Crippen LogP contribution in [0.4, 0.5) is 5.69 Å². The topological polar surface area (TPSA) is 67.4 Å². The fraction of sp³-hybridized carbons (Fsp3) is 0.238. The van der Waals surface area contributed by atoms with Crippen LogP contribution in [-0.2, 0) is 4.79 Å². The highest BCUT2D eigenvalue weighted by atomic mass is 16.5. The molecule has 0 aliphatic carbocycles. The quantitative estimate of drug-likeness (QED) is 0.749. The highest BCUT2D eigenvalue weighted by Crippen LogP contribution is 2.23. The van der Waals surface area contributed by atoms with Crippen LogP contribution in [0.3, 0.4) is 0 Å². The van der Waals surface area contributed by atoms with Gasteiger partial charge >= 0.3 is 0 Å². The predicted octanol–water partition coefficient (Wildman–Crippen LogP) is 3.55. The Morgan fingerprint density at radius 1 is 1.15 bits per heavy atom. The Balaban J connectivity index is 2.05. The fourth-order valence-corrected chi connectivity index (χ4v) is 2.53. The Hall–Kier alpha value is -3.08. The first-order valence-corrected chi connectivity index (χ1v) is 8.41. The number of amides is 2. The van der Waals surface area contributed by atoms with Gasteiger partial charge in [0, 0.05) is 6.54 Å². The van der Waals surface area contributed by atoms with E-state index in [1.54, 1.807) is 30.3 Å². The standard InChI is InChI=1S/C21H24N2O3/c1-5-10-22-21(25)17-8-6-7-9-18(17)23-20(24)13-26-19-12-14(2)11-15(3)16(19)4/h5-9,11-12H,1,10,13H2,2-4H3,(H,22,25)(H,23,24). The first-order chi connectivity index (χ1) is 12.4. The van der Waals surface area contributed by atoms with Crippen LogP contribution in [0.5, 0.6) is 5.75 Å². The molecule has 136 valence electrons. The predicted molar refractivity (Wildman–Crippen MR) is 104 cm³/mol. The lowest BCUT2D eigenvalue weighted by Gasteiger charge is -2.14. The molecule has 5 heteroatoms. The number of anilines is 1. The Morgan fingerprint density at radius 2 is 1.88 bits per heavy atom. The van der Waals surface area contributed by atoms with Gasteiger partial charge in [-0.1, -0.05) is 24.3 Å². The molecule has 0 bridgehead atoms. The lowest BCUT2D eigenvalue weighted by molar-refractivity contribution is -0.118. The van der Waals surface area contributed by atoms with Crippen LogP contribution < -0.4 is 15.4 Å². The molecule has 0 heterocycles. The molecule has 0 saturated heterocycles. The number of ether oxygens (including phenoxy) is 1. The number of aryl methyl sites for hydroxylation is 2. The van der Waals surface area contributed by atoms with Crippen LogP contribution in [0, 0.1) is 20.8 Å². The maximum Gasteiger partial charge on any atom is 0.262 e. The van der Waals surface area contributed by atoms with Gasteiger partial charge in [-0.2, -0.15) is 0 Å². The van der Waals surface area contributed by atoms with Gasteiger partial charge in [0.25, 0.3) is 11.8 Å². The summed E-state index contributed by atoms with van der Waals surface area (Å²) in [7, 11) is 0. The number of para-hydroxylation sites is 1. The van der Waals surface area contributed by atoms with Crippen LogP contribution in [0.15, 0.2) is 49.1 Å². The van der Waals surface area contributed by atoms with Crippen LogP contribution in [0.25, 0.3) is 0 Å². The minimum Gasteiger partial charge on any atom is -0.483 e. The van der Waals surface area contributed by atoms with E-state index in [-0.39, 0.29) is 18.4 Å². The van der Waals surface area contributed by atoms with Gasteiger partial charge in [-0.15, -0.1) is 6.58 Å². The van der Waals surface area contributed by atoms with Crippen LogP contribution in [0.2, 0.25) is 0 Å². The zero-order valence-corrected chi connectivity index (χ0v) is 15.4. The maximum atomic E-state index is 12.3. The molecule has 0 aliphatic heterocycles. The molecule has 0 saturated carbocycles. The van der Waals surface area contributed by atoms with E-state index in [0.29, 0.717) is 23.5 Å². The summed E-state index contributed by atoms with van der Waals surface area (Å²) in [6.07, 6.45) is 1.60. The van der Waals surface area contributed by atoms with Gasteiger partial charge in [-0.05, 0) is 55.7 Å². The van der Waals surface area contributed by atoms with Gasteiger partial charge in [0.2, 0.25) is 0 Å². The minimum atomic E-state index is -0.326. The largest absolute Gasteiger partial charge is 0.483 e. The van der Waals surface area contributed by atoms with Crippen molar-refractivity contribution < 1.29 is 14.3 Å². The zero-order valence-electron chi connectivity index (χ0n) is 15.4. The van der Waals surface area contributed by atoms with E-state index in [4.69, 9.17) is 4.74 Å². The number of rotatable bonds is 7. The molecule has 0 aliphatic rings. The van der Waals surface area contributed by atoms with E-state index in [0.717, 1.165) is 16.7 Å². The Morgan fingerprint density at radius 3 is 2.62 bits per heavy atom. The molecule has 0 fully saturated rings. The number of hydrogen-bond acceptors (Lipinski definition) is 3. The fourth-order valence-electron chi connectivity index (χ4n) is 2.53. The van der Waals surface area contributed by atoms with Gasteiger partial charge in [-0.25, -0.2) is 0 Å².